The third-order valence-electron chi connectivity index (χ3n) is 8.25. The predicted molar refractivity (Wildman–Crippen MR) is 155 cm³/mol. The second kappa shape index (κ2) is 8.76. The Balaban J connectivity index is 1.54. The number of nitrogens with one attached hydrogen (secondary N) is 1. The van der Waals surface area contributed by atoms with Crippen LogP contribution in [0.3, 0.4) is 0 Å². The molecular formula is C32H23ClN2O3S. The van der Waals surface area contributed by atoms with Gasteiger partial charge in [-0.15, -0.1) is 11.3 Å². The number of benzene rings is 3. The van der Waals surface area contributed by atoms with Crippen LogP contribution in [0.25, 0.3) is 6.08 Å². The zero-order valence-corrected chi connectivity index (χ0v) is 22.5. The highest BCUT2D eigenvalue weighted by atomic mass is 35.5. The number of amides is 1. The molecule has 3 aromatic carbocycles. The second-order valence-electron chi connectivity index (χ2n) is 10.3. The van der Waals surface area contributed by atoms with E-state index in [1.165, 1.54) is 11.3 Å². The van der Waals surface area contributed by atoms with E-state index in [9.17, 15) is 14.4 Å². The summed E-state index contributed by atoms with van der Waals surface area (Å²) < 4.78 is 0. The van der Waals surface area contributed by atoms with Crippen molar-refractivity contribution in [2.75, 3.05) is 10.2 Å². The summed E-state index contributed by atoms with van der Waals surface area (Å²) in [6.07, 6.45) is 3.90. The monoisotopic (exact) mass is 550 g/mol. The van der Waals surface area contributed by atoms with Gasteiger partial charge in [-0.2, -0.15) is 0 Å². The number of para-hydroxylation sites is 1. The van der Waals surface area contributed by atoms with Crippen molar-refractivity contribution in [1.82, 2.24) is 0 Å². The van der Waals surface area contributed by atoms with Crippen LogP contribution in [0.1, 0.15) is 36.7 Å². The SMILES string of the molecule is Cc1ccc(C(=O)[C@@H]2[C@H](C(=O)c3cccs3)N3c4ccc(Cl)cc4C=C[C@H]3[C@]23C(=O)Nc2ccccc23)cc1. The molecule has 1 saturated heterocycles. The van der Waals surface area contributed by atoms with E-state index in [4.69, 9.17) is 11.6 Å². The summed E-state index contributed by atoms with van der Waals surface area (Å²) in [6.45, 7) is 1.96. The Kier molecular flexibility index (Phi) is 5.41. The van der Waals surface area contributed by atoms with Gasteiger partial charge in [-0.1, -0.05) is 77.8 Å². The van der Waals surface area contributed by atoms with Crippen molar-refractivity contribution in [2.24, 2.45) is 5.92 Å². The standard InChI is InChI=1S/C32H23ClN2O3S/c1-18-8-10-19(11-9-18)29(36)27-28(30(37)25-7-4-16-39-25)35-24-14-13-21(33)17-20(24)12-15-26(35)32(27)22-5-2-3-6-23(22)34-31(32)38/h2-17,26-28H,1H3,(H,34,38)/t26-,27-,28+,32-/m0/s1. The number of aryl methyl sites for hydroxylation is 1. The van der Waals surface area contributed by atoms with Gasteiger partial charge in [-0.3, -0.25) is 14.4 Å². The zero-order chi connectivity index (χ0) is 26.9. The van der Waals surface area contributed by atoms with Gasteiger partial charge in [0.15, 0.2) is 11.6 Å². The minimum Gasteiger partial charge on any atom is -0.352 e. The number of carbonyl (C=O) groups is 3. The Hall–Kier alpha value is -4.00. The summed E-state index contributed by atoms with van der Waals surface area (Å²) >= 11 is 7.69. The molecule has 5 nitrogen and oxygen atoms in total. The summed E-state index contributed by atoms with van der Waals surface area (Å²) in [7, 11) is 0. The highest BCUT2D eigenvalue weighted by Gasteiger charge is 2.70. The molecule has 7 rings (SSSR count). The van der Waals surface area contributed by atoms with Gasteiger partial charge < -0.3 is 10.2 Å². The van der Waals surface area contributed by atoms with E-state index in [1.54, 1.807) is 24.3 Å². The van der Waals surface area contributed by atoms with Crippen LogP contribution in [-0.2, 0) is 10.2 Å². The molecule has 4 heterocycles. The Labute approximate surface area is 234 Å². The number of fused-ring (bicyclic) bond motifs is 6. The van der Waals surface area contributed by atoms with Crippen molar-refractivity contribution in [3.8, 4) is 0 Å². The van der Waals surface area contributed by atoms with Gasteiger partial charge in [-0.25, -0.2) is 0 Å². The molecule has 3 aliphatic heterocycles. The lowest BCUT2D eigenvalue weighted by molar-refractivity contribution is -0.121. The van der Waals surface area contributed by atoms with Crippen LogP contribution >= 0.6 is 22.9 Å². The molecule has 0 saturated carbocycles. The van der Waals surface area contributed by atoms with Crippen molar-refractivity contribution in [3.05, 3.63) is 122 Å². The number of rotatable bonds is 4. The van der Waals surface area contributed by atoms with Crippen molar-refractivity contribution < 1.29 is 14.4 Å². The van der Waals surface area contributed by atoms with Crippen LogP contribution in [0.4, 0.5) is 11.4 Å². The fraction of sp³-hybridized carbons (Fsp3) is 0.156. The number of anilines is 2. The molecule has 0 bridgehead atoms. The second-order valence-corrected chi connectivity index (χ2v) is 11.7. The molecule has 3 aliphatic rings. The number of thiophene rings is 1. The molecule has 7 heteroatoms. The first-order chi connectivity index (χ1) is 18.9. The van der Waals surface area contributed by atoms with Gasteiger partial charge in [0.2, 0.25) is 5.91 Å². The Morgan fingerprint density at radius 3 is 2.54 bits per heavy atom. The van der Waals surface area contributed by atoms with Crippen LogP contribution in [0.15, 0.2) is 90.3 Å². The molecular weight excluding hydrogens is 528 g/mol. The Morgan fingerprint density at radius 2 is 1.77 bits per heavy atom. The summed E-state index contributed by atoms with van der Waals surface area (Å²) in [5, 5.41) is 5.48. The molecule has 0 aliphatic carbocycles. The largest absolute Gasteiger partial charge is 0.352 e. The topological polar surface area (TPSA) is 66.5 Å². The fourth-order valence-corrected chi connectivity index (χ4v) is 7.49. The first-order valence-corrected chi connectivity index (χ1v) is 14.0. The van der Waals surface area contributed by atoms with Crippen molar-refractivity contribution in [3.63, 3.8) is 0 Å². The molecule has 192 valence electrons. The lowest BCUT2D eigenvalue weighted by Gasteiger charge is -2.37. The number of halogens is 1. The molecule has 39 heavy (non-hydrogen) atoms. The third-order valence-corrected chi connectivity index (χ3v) is 9.37. The molecule has 0 unspecified atom stereocenters. The number of Topliss-reactive ketones (excluding diaryl/α,β-unsaturated/α-hetero) is 2. The molecule has 1 aromatic heterocycles. The van der Waals surface area contributed by atoms with Gasteiger partial charge >= 0.3 is 0 Å². The van der Waals surface area contributed by atoms with Crippen LogP contribution < -0.4 is 10.2 Å². The van der Waals surface area contributed by atoms with E-state index < -0.39 is 23.4 Å². The lowest BCUT2D eigenvalue weighted by Crippen LogP contribution is -2.51. The molecule has 1 fully saturated rings. The molecule has 0 radical (unpaired) electrons. The van der Waals surface area contributed by atoms with E-state index >= 15 is 0 Å². The number of nitrogens with zero attached hydrogens (tertiary/aromatic N) is 1. The van der Waals surface area contributed by atoms with E-state index in [0.29, 0.717) is 21.2 Å². The van der Waals surface area contributed by atoms with Gasteiger partial charge in [-0.05, 0) is 53.8 Å². The van der Waals surface area contributed by atoms with Crippen LogP contribution in [0.5, 0.6) is 0 Å². The molecule has 1 spiro atoms. The molecule has 1 N–H and O–H groups in total. The van der Waals surface area contributed by atoms with E-state index in [2.05, 4.69) is 5.32 Å². The van der Waals surface area contributed by atoms with Crippen LogP contribution in [0, 0.1) is 12.8 Å². The highest BCUT2D eigenvalue weighted by Crippen LogP contribution is 2.58. The van der Waals surface area contributed by atoms with Gasteiger partial charge in [0, 0.05) is 22.0 Å². The van der Waals surface area contributed by atoms with Crippen molar-refractivity contribution >= 4 is 57.9 Å². The number of hydrogen-bond acceptors (Lipinski definition) is 5. The lowest BCUT2D eigenvalue weighted by atomic mass is 9.64. The van der Waals surface area contributed by atoms with Crippen LogP contribution in [0.2, 0.25) is 5.02 Å². The third kappa shape index (κ3) is 3.35. The first kappa shape index (κ1) is 24.1. The zero-order valence-electron chi connectivity index (χ0n) is 20.9. The minimum absolute atomic E-state index is 0.175. The summed E-state index contributed by atoms with van der Waals surface area (Å²) in [4.78, 5) is 45.9. The van der Waals surface area contributed by atoms with Gasteiger partial charge in [0.1, 0.15) is 11.5 Å². The van der Waals surface area contributed by atoms with Gasteiger partial charge in [0.05, 0.1) is 16.8 Å². The number of hydrogen-bond donors (Lipinski definition) is 1. The number of carbonyl (C=O) groups excluding carboxylic acids is 3. The average molecular weight is 551 g/mol. The van der Waals surface area contributed by atoms with E-state index in [0.717, 1.165) is 22.4 Å². The van der Waals surface area contributed by atoms with Gasteiger partial charge in [0.25, 0.3) is 0 Å². The van der Waals surface area contributed by atoms with E-state index in [-0.39, 0.29) is 17.5 Å². The maximum Gasteiger partial charge on any atom is 0.238 e. The minimum atomic E-state index is -1.32. The predicted octanol–water partition coefficient (Wildman–Crippen LogP) is 6.57. The molecule has 4 atom stereocenters. The first-order valence-electron chi connectivity index (χ1n) is 12.8. The smallest absolute Gasteiger partial charge is 0.238 e. The van der Waals surface area contributed by atoms with Crippen molar-refractivity contribution in [2.45, 2.75) is 24.4 Å². The fourth-order valence-electron chi connectivity index (χ4n) is 6.61. The maximum absolute atomic E-state index is 14.7. The summed E-state index contributed by atoms with van der Waals surface area (Å²) in [5.74, 6) is -1.65. The normalized spacial score (nSPS) is 24.3. The number of ketones is 2. The van der Waals surface area contributed by atoms with Crippen molar-refractivity contribution in [1.29, 1.82) is 0 Å². The maximum atomic E-state index is 14.7. The Morgan fingerprint density at radius 1 is 0.974 bits per heavy atom. The Bertz CT molecular complexity index is 1690. The molecule has 1 amide bonds. The summed E-state index contributed by atoms with van der Waals surface area (Å²) in [6, 6.07) is 22.5. The van der Waals surface area contributed by atoms with E-state index in [1.807, 2.05) is 84.0 Å². The quantitative estimate of drug-likeness (QED) is 0.292. The summed E-state index contributed by atoms with van der Waals surface area (Å²) in [5.41, 5.74) is 3.21. The highest BCUT2D eigenvalue weighted by molar-refractivity contribution is 7.12. The molecule has 4 aromatic rings. The average Bonchev–Trinajstić information content (AvgIpc) is 3.65. The van der Waals surface area contributed by atoms with Crippen LogP contribution in [-0.4, -0.2) is 29.6 Å².